The smallest absolute Gasteiger partial charge is 0.165 e. The van der Waals surface area contributed by atoms with Gasteiger partial charge in [-0.15, -0.1) is 5.10 Å². The monoisotopic (exact) mass is 265 g/mol. The minimum Gasteiger partial charge on any atom is -0.393 e. The van der Waals surface area contributed by atoms with Gasteiger partial charge < -0.3 is 5.11 Å². The second kappa shape index (κ2) is 5.54. The van der Waals surface area contributed by atoms with Gasteiger partial charge in [0.25, 0.3) is 0 Å². The average Bonchev–Trinajstić information content (AvgIpc) is 3.07. The molecular formula is C13H23N5O. The van der Waals surface area contributed by atoms with E-state index in [9.17, 15) is 5.11 Å². The Balaban J connectivity index is 1.59. The SMILES string of the molecule is CCCCn1nnnc1CN1CC2CCC(O)C2C1. The molecule has 2 aliphatic rings. The van der Waals surface area contributed by atoms with Crippen LogP contribution < -0.4 is 0 Å². The van der Waals surface area contributed by atoms with Crippen LogP contribution in [0.1, 0.15) is 38.4 Å². The Morgan fingerprint density at radius 3 is 3.00 bits per heavy atom. The van der Waals surface area contributed by atoms with Gasteiger partial charge in [-0.1, -0.05) is 13.3 Å². The Bertz CT molecular complexity index is 421. The van der Waals surface area contributed by atoms with E-state index in [1.165, 1.54) is 6.42 Å². The summed E-state index contributed by atoms with van der Waals surface area (Å²) < 4.78 is 1.92. The summed E-state index contributed by atoms with van der Waals surface area (Å²) in [5, 5.41) is 21.9. The van der Waals surface area contributed by atoms with E-state index < -0.39 is 0 Å². The fourth-order valence-corrected chi connectivity index (χ4v) is 3.48. The number of fused-ring (bicyclic) bond motifs is 1. The van der Waals surface area contributed by atoms with Crippen LogP contribution in [0.15, 0.2) is 0 Å². The van der Waals surface area contributed by atoms with Crippen LogP contribution in [0, 0.1) is 11.8 Å². The molecule has 1 aliphatic carbocycles. The first kappa shape index (κ1) is 13.0. The lowest BCUT2D eigenvalue weighted by molar-refractivity contribution is 0.123. The van der Waals surface area contributed by atoms with Gasteiger partial charge in [-0.2, -0.15) is 0 Å². The average molecular weight is 265 g/mol. The maximum atomic E-state index is 9.94. The van der Waals surface area contributed by atoms with Crippen molar-refractivity contribution < 1.29 is 5.11 Å². The van der Waals surface area contributed by atoms with E-state index in [1.807, 2.05) is 4.68 Å². The molecule has 106 valence electrons. The molecule has 19 heavy (non-hydrogen) atoms. The van der Waals surface area contributed by atoms with Crippen molar-refractivity contribution in [2.24, 2.45) is 11.8 Å². The molecule has 3 atom stereocenters. The number of aliphatic hydroxyl groups is 1. The summed E-state index contributed by atoms with van der Waals surface area (Å²) in [6.45, 7) is 5.97. The molecule has 1 aliphatic heterocycles. The molecule has 0 spiro atoms. The van der Waals surface area contributed by atoms with Crippen LogP contribution in [-0.4, -0.2) is 49.4 Å². The number of unbranched alkanes of at least 4 members (excludes halogenated alkanes) is 1. The van der Waals surface area contributed by atoms with Gasteiger partial charge >= 0.3 is 0 Å². The molecule has 3 unspecified atom stereocenters. The van der Waals surface area contributed by atoms with E-state index >= 15 is 0 Å². The van der Waals surface area contributed by atoms with Crippen molar-refractivity contribution >= 4 is 0 Å². The normalized spacial score (nSPS) is 30.9. The fourth-order valence-electron chi connectivity index (χ4n) is 3.48. The molecule has 6 nitrogen and oxygen atoms in total. The largest absolute Gasteiger partial charge is 0.393 e. The van der Waals surface area contributed by atoms with Crippen molar-refractivity contribution in [3.05, 3.63) is 5.82 Å². The highest BCUT2D eigenvalue weighted by Crippen LogP contribution is 2.38. The maximum Gasteiger partial charge on any atom is 0.165 e. The van der Waals surface area contributed by atoms with Gasteiger partial charge in [0.05, 0.1) is 12.6 Å². The summed E-state index contributed by atoms with van der Waals surface area (Å²) in [5.41, 5.74) is 0. The van der Waals surface area contributed by atoms with Crippen LogP contribution in [0.3, 0.4) is 0 Å². The molecule has 1 N–H and O–H groups in total. The molecule has 0 radical (unpaired) electrons. The number of aliphatic hydroxyl groups excluding tert-OH is 1. The topological polar surface area (TPSA) is 67.1 Å². The molecule has 0 amide bonds. The van der Waals surface area contributed by atoms with E-state index in [-0.39, 0.29) is 6.10 Å². The molecule has 1 aromatic heterocycles. The lowest BCUT2D eigenvalue weighted by atomic mass is 10.00. The second-order valence-electron chi connectivity index (χ2n) is 5.93. The number of hydrogen-bond acceptors (Lipinski definition) is 5. The highest BCUT2D eigenvalue weighted by atomic mass is 16.3. The summed E-state index contributed by atoms with van der Waals surface area (Å²) in [4.78, 5) is 2.39. The third kappa shape index (κ3) is 2.65. The second-order valence-corrected chi connectivity index (χ2v) is 5.93. The molecule has 6 heteroatoms. The van der Waals surface area contributed by atoms with Gasteiger partial charge in [-0.05, 0) is 35.6 Å². The lowest BCUT2D eigenvalue weighted by Gasteiger charge is -2.17. The Morgan fingerprint density at radius 2 is 2.21 bits per heavy atom. The minimum atomic E-state index is -0.0916. The number of hydrogen-bond donors (Lipinski definition) is 1. The quantitative estimate of drug-likeness (QED) is 0.848. The van der Waals surface area contributed by atoms with Gasteiger partial charge in [0.15, 0.2) is 5.82 Å². The third-order valence-corrected chi connectivity index (χ3v) is 4.59. The zero-order valence-electron chi connectivity index (χ0n) is 11.6. The first-order valence-corrected chi connectivity index (χ1v) is 7.43. The standard InChI is InChI=1S/C13H23N5O/c1-2-3-6-18-13(14-15-16-18)9-17-7-10-4-5-12(19)11(10)8-17/h10-12,19H,2-9H2,1H3. The van der Waals surface area contributed by atoms with E-state index in [4.69, 9.17) is 0 Å². The molecule has 1 saturated carbocycles. The van der Waals surface area contributed by atoms with Crippen LogP contribution in [0.5, 0.6) is 0 Å². The summed E-state index contributed by atoms with van der Waals surface area (Å²) >= 11 is 0. The Labute approximate surface area is 113 Å². The summed E-state index contributed by atoms with van der Waals surface area (Å²) in [6, 6.07) is 0. The van der Waals surface area contributed by atoms with Crippen LogP contribution in [0.4, 0.5) is 0 Å². The van der Waals surface area contributed by atoms with E-state index in [1.54, 1.807) is 0 Å². The number of tetrazole rings is 1. The van der Waals surface area contributed by atoms with Crippen molar-refractivity contribution in [1.29, 1.82) is 0 Å². The van der Waals surface area contributed by atoms with Crippen LogP contribution in [-0.2, 0) is 13.1 Å². The summed E-state index contributed by atoms with van der Waals surface area (Å²) in [6.07, 6.45) is 4.33. The minimum absolute atomic E-state index is 0.0916. The molecule has 1 saturated heterocycles. The molecule has 0 bridgehead atoms. The maximum absolute atomic E-state index is 9.94. The van der Waals surface area contributed by atoms with Crippen LogP contribution >= 0.6 is 0 Å². The van der Waals surface area contributed by atoms with Crippen LogP contribution in [0.25, 0.3) is 0 Å². The summed E-state index contributed by atoms with van der Waals surface area (Å²) in [5.74, 6) is 2.11. The van der Waals surface area contributed by atoms with Gasteiger partial charge in [0.2, 0.25) is 0 Å². The van der Waals surface area contributed by atoms with Crippen LogP contribution in [0.2, 0.25) is 0 Å². The Kier molecular flexibility index (Phi) is 3.79. The third-order valence-electron chi connectivity index (χ3n) is 4.59. The van der Waals surface area contributed by atoms with Gasteiger partial charge in [0.1, 0.15) is 0 Å². The Morgan fingerprint density at radius 1 is 1.32 bits per heavy atom. The van der Waals surface area contributed by atoms with E-state index in [0.717, 1.165) is 51.3 Å². The van der Waals surface area contributed by atoms with Crippen molar-refractivity contribution in [3.8, 4) is 0 Å². The van der Waals surface area contributed by atoms with E-state index in [0.29, 0.717) is 11.8 Å². The Hall–Kier alpha value is -1.01. The van der Waals surface area contributed by atoms with Gasteiger partial charge in [0, 0.05) is 25.6 Å². The van der Waals surface area contributed by atoms with Crippen molar-refractivity contribution in [3.63, 3.8) is 0 Å². The molecule has 0 aromatic carbocycles. The number of likely N-dealkylation sites (tertiary alicyclic amines) is 1. The van der Waals surface area contributed by atoms with Gasteiger partial charge in [-0.3, -0.25) is 4.90 Å². The molecule has 3 rings (SSSR count). The molecule has 2 fully saturated rings. The highest BCUT2D eigenvalue weighted by Gasteiger charge is 2.41. The zero-order chi connectivity index (χ0) is 13.2. The predicted octanol–water partition coefficient (Wildman–Crippen LogP) is 0.676. The van der Waals surface area contributed by atoms with Crippen molar-refractivity contribution in [2.45, 2.75) is 51.8 Å². The van der Waals surface area contributed by atoms with Crippen molar-refractivity contribution in [1.82, 2.24) is 25.1 Å². The first-order valence-electron chi connectivity index (χ1n) is 7.43. The zero-order valence-corrected chi connectivity index (χ0v) is 11.6. The molecular weight excluding hydrogens is 242 g/mol. The highest BCUT2D eigenvalue weighted by molar-refractivity contribution is 4.95. The van der Waals surface area contributed by atoms with Gasteiger partial charge in [-0.25, -0.2) is 4.68 Å². The lowest BCUT2D eigenvalue weighted by Crippen LogP contribution is -2.26. The van der Waals surface area contributed by atoms with E-state index in [2.05, 4.69) is 27.3 Å². The molecule has 1 aromatic rings. The fraction of sp³-hybridized carbons (Fsp3) is 0.923. The number of nitrogens with zero attached hydrogens (tertiary/aromatic N) is 5. The summed E-state index contributed by atoms with van der Waals surface area (Å²) in [7, 11) is 0. The first-order chi connectivity index (χ1) is 9.28. The number of aryl methyl sites for hydroxylation is 1. The molecule has 2 heterocycles. The van der Waals surface area contributed by atoms with Crippen molar-refractivity contribution in [2.75, 3.05) is 13.1 Å². The number of aromatic nitrogens is 4. The predicted molar refractivity (Wildman–Crippen MR) is 70.2 cm³/mol. The number of rotatable bonds is 5.